The maximum atomic E-state index is 12.7. The second kappa shape index (κ2) is 8.18. The summed E-state index contributed by atoms with van der Waals surface area (Å²) >= 11 is 5.92. The molecular weight excluding hydrogens is 352 g/mol. The van der Waals surface area contributed by atoms with E-state index in [0.29, 0.717) is 17.3 Å². The van der Waals surface area contributed by atoms with Gasteiger partial charge < -0.3 is 9.64 Å². The zero-order valence-electron chi connectivity index (χ0n) is 13.9. The molecule has 2 rings (SSSR count). The van der Waals surface area contributed by atoms with Gasteiger partial charge in [-0.15, -0.1) is 0 Å². The van der Waals surface area contributed by atoms with E-state index in [1.807, 2.05) is 0 Å². The number of piperidine rings is 1. The molecule has 1 fully saturated rings. The molecule has 8 heteroatoms. The molecule has 2 atom stereocenters. The molecule has 0 aliphatic carbocycles. The topological polar surface area (TPSA) is 75.7 Å². The van der Waals surface area contributed by atoms with Crippen molar-refractivity contribution < 1.29 is 17.9 Å². The highest BCUT2D eigenvalue weighted by Crippen LogP contribution is 2.21. The number of hydrogen-bond donors (Lipinski definition) is 1. The minimum absolute atomic E-state index is 0.144. The van der Waals surface area contributed by atoms with Gasteiger partial charge in [0.1, 0.15) is 5.75 Å². The summed E-state index contributed by atoms with van der Waals surface area (Å²) in [5.74, 6) is 0.390. The van der Waals surface area contributed by atoms with Crippen molar-refractivity contribution in [3.05, 3.63) is 29.3 Å². The van der Waals surface area contributed by atoms with Gasteiger partial charge in [0, 0.05) is 24.2 Å². The summed E-state index contributed by atoms with van der Waals surface area (Å²) in [5.41, 5.74) is 0. The molecule has 0 saturated carbocycles. The maximum Gasteiger partial charge on any atom is 0.263 e. The fourth-order valence-corrected chi connectivity index (χ4v) is 3.45. The number of likely N-dealkylation sites (tertiary alicyclic amines) is 1. The average molecular weight is 375 g/mol. The van der Waals surface area contributed by atoms with Crippen LogP contribution >= 0.6 is 11.6 Å². The Morgan fingerprint density at radius 3 is 2.88 bits per heavy atom. The van der Waals surface area contributed by atoms with E-state index < -0.39 is 16.1 Å². The fraction of sp³-hybridized carbons (Fsp3) is 0.562. The molecule has 1 amide bonds. The number of hydrogen-bond acceptors (Lipinski definition) is 4. The summed E-state index contributed by atoms with van der Waals surface area (Å²) in [6.07, 6.45) is 3.11. The van der Waals surface area contributed by atoms with E-state index in [1.54, 1.807) is 36.1 Å². The summed E-state index contributed by atoms with van der Waals surface area (Å²) < 4.78 is 30.8. The number of ether oxygens (including phenoxy) is 1. The number of sulfonamides is 1. The standard InChI is InChI=1S/C16H23ClN2O4S/c1-12(23-15-8-5-6-13(17)10-15)16(20)19-9-4-3-7-14(19)11-18-24(2,21)22/h5-6,8,10,12,14,18H,3-4,7,9,11H2,1-2H3/t12-,14-/m1/s1. The molecule has 1 aliphatic heterocycles. The third-order valence-electron chi connectivity index (χ3n) is 3.95. The highest BCUT2D eigenvalue weighted by atomic mass is 35.5. The van der Waals surface area contributed by atoms with Crippen LogP contribution < -0.4 is 9.46 Å². The number of carbonyl (C=O) groups is 1. The van der Waals surface area contributed by atoms with Crippen molar-refractivity contribution in [3.63, 3.8) is 0 Å². The molecular formula is C16H23ClN2O4S. The van der Waals surface area contributed by atoms with Crippen LogP contribution in [-0.2, 0) is 14.8 Å². The van der Waals surface area contributed by atoms with Crippen molar-refractivity contribution >= 4 is 27.5 Å². The predicted molar refractivity (Wildman–Crippen MR) is 93.7 cm³/mol. The SMILES string of the molecule is C[C@@H](Oc1cccc(Cl)c1)C(=O)N1CCCC[C@@H]1CNS(C)(=O)=O. The molecule has 0 aromatic heterocycles. The number of benzene rings is 1. The Hall–Kier alpha value is -1.31. The summed E-state index contributed by atoms with van der Waals surface area (Å²) in [4.78, 5) is 14.4. The van der Waals surface area contributed by atoms with Crippen LogP contribution in [0, 0.1) is 0 Å². The van der Waals surface area contributed by atoms with Gasteiger partial charge in [0.2, 0.25) is 10.0 Å². The smallest absolute Gasteiger partial charge is 0.263 e. The first-order chi connectivity index (χ1) is 11.3. The Labute approximate surface area is 148 Å². The van der Waals surface area contributed by atoms with E-state index in [-0.39, 0.29) is 18.5 Å². The molecule has 1 saturated heterocycles. The summed E-state index contributed by atoms with van der Waals surface area (Å²) in [7, 11) is -3.28. The highest BCUT2D eigenvalue weighted by Gasteiger charge is 2.31. The quantitative estimate of drug-likeness (QED) is 0.826. The molecule has 1 aliphatic rings. The number of carbonyl (C=O) groups excluding carboxylic acids is 1. The van der Waals surface area contributed by atoms with Crippen LogP contribution in [0.1, 0.15) is 26.2 Å². The average Bonchev–Trinajstić information content (AvgIpc) is 2.52. The largest absolute Gasteiger partial charge is 0.481 e. The number of amides is 1. The monoisotopic (exact) mass is 374 g/mol. The second-order valence-electron chi connectivity index (χ2n) is 6.02. The van der Waals surface area contributed by atoms with E-state index in [1.165, 1.54) is 0 Å². The van der Waals surface area contributed by atoms with Crippen LogP contribution in [-0.4, -0.2) is 50.7 Å². The molecule has 0 radical (unpaired) electrons. The van der Waals surface area contributed by atoms with Crippen LogP contribution in [0.4, 0.5) is 0 Å². The lowest BCUT2D eigenvalue weighted by molar-refractivity contribution is -0.141. The Bertz CT molecular complexity index is 680. The first-order valence-electron chi connectivity index (χ1n) is 7.93. The molecule has 1 aromatic rings. The van der Waals surface area contributed by atoms with Crippen molar-refractivity contribution in [1.82, 2.24) is 9.62 Å². The third kappa shape index (κ3) is 5.65. The molecule has 134 valence electrons. The van der Waals surface area contributed by atoms with Gasteiger partial charge in [0.25, 0.3) is 5.91 Å². The lowest BCUT2D eigenvalue weighted by Crippen LogP contribution is -2.52. The lowest BCUT2D eigenvalue weighted by Gasteiger charge is -2.37. The molecule has 1 aromatic carbocycles. The minimum atomic E-state index is -3.28. The van der Waals surface area contributed by atoms with E-state index in [4.69, 9.17) is 16.3 Å². The van der Waals surface area contributed by atoms with Gasteiger partial charge in [-0.05, 0) is 44.4 Å². The summed E-state index contributed by atoms with van der Waals surface area (Å²) in [6.45, 7) is 2.53. The van der Waals surface area contributed by atoms with Crippen molar-refractivity contribution in [3.8, 4) is 5.75 Å². The molecule has 6 nitrogen and oxygen atoms in total. The highest BCUT2D eigenvalue weighted by molar-refractivity contribution is 7.88. The number of rotatable bonds is 6. The van der Waals surface area contributed by atoms with Crippen LogP contribution in [0.5, 0.6) is 5.75 Å². The Balaban J connectivity index is 2.01. The van der Waals surface area contributed by atoms with Gasteiger partial charge in [0.05, 0.1) is 6.26 Å². The van der Waals surface area contributed by atoms with Crippen molar-refractivity contribution in [1.29, 1.82) is 0 Å². The van der Waals surface area contributed by atoms with E-state index in [0.717, 1.165) is 25.5 Å². The van der Waals surface area contributed by atoms with E-state index >= 15 is 0 Å². The van der Waals surface area contributed by atoms with Crippen LogP contribution in [0.2, 0.25) is 5.02 Å². The Morgan fingerprint density at radius 2 is 2.21 bits per heavy atom. The number of halogens is 1. The predicted octanol–water partition coefficient (Wildman–Crippen LogP) is 2.04. The Kier molecular flexibility index (Phi) is 6.48. The lowest BCUT2D eigenvalue weighted by atomic mass is 10.0. The second-order valence-corrected chi connectivity index (χ2v) is 8.29. The van der Waals surface area contributed by atoms with Gasteiger partial charge in [-0.3, -0.25) is 4.79 Å². The van der Waals surface area contributed by atoms with E-state index in [9.17, 15) is 13.2 Å². The summed E-state index contributed by atoms with van der Waals surface area (Å²) in [6, 6.07) is 6.75. The zero-order valence-corrected chi connectivity index (χ0v) is 15.4. The minimum Gasteiger partial charge on any atom is -0.481 e. The van der Waals surface area contributed by atoms with Gasteiger partial charge in [-0.1, -0.05) is 17.7 Å². The first kappa shape index (κ1) is 19.0. The molecule has 0 spiro atoms. The zero-order chi connectivity index (χ0) is 17.7. The van der Waals surface area contributed by atoms with Crippen molar-refractivity contribution in [2.75, 3.05) is 19.3 Å². The molecule has 1 heterocycles. The number of nitrogens with one attached hydrogen (secondary N) is 1. The van der Waals surface area contributed by atoms with Crippen molar-refractivity contribution in [2.45, 2.75) is 38.3 Å². The van der Waals surface area contributed by atoms with Gasteiger partial charge >= 0.3 is 0 Å². The Morgan fingerprint density at radius 1 is 1.46 bits per heavy atom. The first-order valence-corrected chi connectivity index (χ1v) is 10.2. The van der Waals surface area contributed by atoms with E-state index in [2.05, 4.69) is 4.72 Å². The molecule has 24 heavy (non-hydrogen) atoms. The van der Waals surface area contributed by atoms with Gasteiger partial charge in [0.15, 0.2) is 6.10 Å². The fourth-order valence-electron chi connectivity index (χ4n) is 2.78. The van der Waals surface area contributed by atoms with Crippen molar-refractivity contribution in [2.24, 2.45) is 0 Å². The van der Waals surface area contributed by atoms with Crippen LogP contribution in [0.25, 0.3) is 0 Å². The van der Waals surface area contributed by atoms with Gasteiger partial charge in [-0.2, -0.15) is 0 Å². The van der Waals surface area contributed by atoms with Gasteiger partial charge in [-0.25, -0.2) is 13.1 Å². The summed E-state index contributed by atoms with van der Waals surface area (Å²) in [5, 5.41) is 0.542. The number of nitrogens with zero attached hydrogens (tertiary/aromatic N) is 1. The normalized spacial score (nSPS) is 19.8. The molecule has 0 bridgehead atoms. The third-order valence-corrected chi connectivity index (χ3v) is 4.87. The molecule has 1 N–H and O–H groups in total. The molecule has 0 unspecified atom stereocenters. The van der Waals surface area contributed by atoms with Crippen LogP contribution in [0.15, 0.2) is 24.3 Å². The maximum absolute atomic E-state index is 12.7. The van der Waals surface area contributed by atoms with Crippen LogP contribution in [0.3, 0.4) is 0 Å².